The first-order chi connectivity index (χ1) is 24.2. The van der Waals surface area contributed by atoms with Gasteiger partial charge in [0.15, 0.2) is 0 Å². The molecule has 42 heavy (non-hydrogen) atoms. The summed E-state index contributed by atoms with van der Waals surface area (Å²) in [6.07, 6.45) is 1.78. The molecule has 1 nitrogen and oxygen atoms in total. The molecular formula is C41H27N. The lowest BCUT2D eigenvalue weighted by Crippen LogP contribution is -1.91. The van der Waals surface area contributed by atoms with E-state index in [9.17, 15) is 0 Å². The van der Waals surface area contributed by atoms with E-state index in [1.165, 1.54) is 0 Å². The smallest absolute Gasteiger partial charge is 0.0708 e. The quantitative estimate of drug-likeness (QED) is 0.202. The number of fused-ring (bicyclic) bond motifs is 3. The van der Waals surface area contributed by atoms with Crippen molar-refractivity contribution in [1.29, 1.82) is 0 Å². The maximum atomic E-state index is 9.14. The van der Waals surface area contributed by atoms with E-state index >= 15 is 0 Å². The number of hydrogen-bond acceptors (Lipinski definition) is 1. The number of benzene rings is 7. The van der Waals surface area contributed by atoms with Crippen LogP contribution < -0.4 is 0 Å². The summed E-state index contributed by atoms with van der Waals surface area (Å²) in [7, 11) is 0. The summed E-state index contributed by atoms with van der Waals surface area (Å²) >= 11 is 0. The van der Waals surface area contributed by atoms with Crippen LogP contribution in [0.4, 0.5) is 0 Å². The molecule has 1 heteroatoms. The zero-order chi connectivity index (χ0) is 34.8. The van der Waals surface area contributed by atoms with E-state index in [1.54, 1.807) is 30.5 Å². The summed E-state index contributed by atoms with van der Waals surface area (Å²) < 4.78 is 70.9. The molecule has 0 saturated heterocycles. The molecule has 0 aliphatic rings. The topological polar surface area (TPSA) is 12.9 Å². The zero-order valence-corrected chi connectivity index (χ0v) is 22.4. The van der Waals surface area contributed by atoms with Crippen molar-refractivity contribution in [2.75, 3.05) is 0 Å². The van der Waals surface area contributed by atoms with Crippen LogP contribution in [0.1, 0.15) is 11.0 Å². The lowest BCUT2D eigenvalue weighted by molar-refractivity contribution is 1.33. The van der Waals surface area contributed by atoms with Crippen molar-refractivity contribution in [1.82, 2.24) is 4.98 Å². The van der Waals surface area contributed by atoms with Gasteiger partial charge in [0.2, 0.25) is 0 Å². The number of pyridine rings is 1. The van der Waals surface area contributed by atoms with E-state index in [1.807, 2.05) is 60.7 Å². The van der Waals surface area contributed by atoms with Gasteiger partial charge in [-0.3, -0.25) is 4.98 Å². The third-order valence-electron chi connectivity index (χ3n) is 7.79. The van der Waals surface area contributed by atoms with Crippen LogP contribution in [0.2, 0.25) is 0 Å². The molecule has 1 heterocycles. The lowest BCUT2D eigenvalue weighted by atomic mass is 9.85. The lowest BCUT2D eigenvalue weighted by Gasteiger charge is -2.18. The molecule has 0 amide bonds. The van der Waals surface area contributed by atoms with E-state index < -0.39 is 24.2 Å². The first-order valence-electron chi connectivity index (χ1n) is 17.7. The van der Waals surface area contributed by atoms with Gasteiger partial charge in [0.1, 0.15) is 0 Å². The van der Waals surface area contributed by atoms with E-state index in [2.05, 4.69) is 29.2 Å². The Kier molecular flexibility index (Phi) is 4.18. The molecule has 8 rings (SSSR count). The summed E-state index contributed by atoms with van der Waals surface area (Å²) in [6.45, 7) is 0. The Morgan fingerprint density at radius 3 is 1.43 bits per heavy atom. The van der Waals surface area contributed by atoms with Gasteiger partial charge in [-0.1, -0.05) is 145 Å². The standard InChI is InChI=1S/C41H27N/c1-2-12-29(13-3-1)40-35-16-6-8-18-37(35)41(38-19-9-7-17-36(38)40)30-23-21-28(22-24-30)31-25-26-34(39-20-10-11-27-42-39)33-15-5-4-14-32(31)33/h1-27H/i6D,7D,8D,9D,16D,17D,18D,19D. The minimum absolute atomic E-state index is 0.199. The molecule has 0 aliphatic heterocycles. The van der Waals surface area contributed by atoms with Crippen LogP contribution >= 0.6 is 0 Å². The van der Waals surface area contributed by atoms with Gasteiger partial charge < -0.3 is 0 Å². The molecule has 8 aromatic rings. The van der Waals surface area contributed by atoms with Gasteiger partial charge in [-0.05, 0) is 77.8 Å². The molecule has 1 aromatic heterocycles. The third kappa shape index (κ3) is 3.98. The molecule has 0 fully saturated rings. The Morgan fingerprint density at radius 1 is 0.381 bits per heavy atom. The Hall–Kier alpha value is -5.53. The van der Waals surface area contributed by atoms with E-state index in [-0.39, 0.29) is 45.7 Å². The first kappa shape index (κ1) is 17.3. The van der Waals surface area contributed by atoms with Crippen molar-refractivity contribution in [3.8, 4) is 44.6 Å². The van der Waals surface area contributed by atoms with Crippen LogP contribution in [0.15, 0.2) is 164 Å². The molecule has 0 atom stereocenters. The van der Waals surface area contributed by atoms with Gasteiger partial charge in [-0.2, -0.15) is 0 Å². The monoisotopic (exact) mass is 541 g/mol. The molecule has 0 N–H and O–H groups in total. The third-order valence-corrected chi connectivity index (χ3v) is 7.79. The highest BCUT2D eigenvalue weighted by Crippen LogP contribution is 2.44. The predicted octanol–water partition coefficient (Wildman–Crippen LogP) is 11.2. The van der Waals surface area contributed by atoms with Crippen molar-refractivity contribution in [2.24, 2.45) is 0 Å². The van der Waals surface area contributed by atoms with Crippen molar-refractivity contribution >= 4 is 32.3 Å². The average Bonchev–Trinajstić information content (AvgIpc) is 3.16. The fraction of sp³-hybridized carbons (Fsp3) is 0. The number of rotatable bonds is 4. The molecule has 0 radical (unpaired) electrons. The highest BCUT2D eigenvalue weighted by molar-refractivity contribution is 6.21. The summed E-state index contributed by atoms with van der Waals surface area (Å²) in [5.41, 5.74) is 5.61. The fourth-order valence-electron chi connectivity index (χ4n) is 5.92. The summed E-state index contributed by atoms with van der Waals surface area (Å²) in [6, 6.07) is 31.9. The molecule has 0 unspecified atom stereocenters. The van der Waals surface area contributed by atoms with Gasteiger partial charge >= 0.3 is 0 Å². The van der Waals surface area contributed by atoms with Crippen LogP contribution in [0.25, 0.3) is 77.0 Å². The van der Waals surface area contributed by atoms with Crippen molar-refractivity contribution in [3.05, 3.63) is 164 Å². The second-order valence-corrected chi connectivity index (χ2v) is 10.1. The van der Waals surface area contributed by atoms with Crippen LogP contribution in [0.5, 0.6) is 0 Å². The van der Waals surface area contributed by atoms with Crippen molar-refractivity contribution in [3.63, 3.8) is 0 Å². The Balaban J connectivity index is 1.45. The maximum absolute atomic E-state index is 9.14. The molecule has 0 bridgehead atoms. The van der Waals surface area contributed by atoms with E-state index in [0.29, 0.717) is 22.3 Å². The molecule has 0 spiro atoms. The first-order valence-corrected chi connectivity index (χ1v) is 13.7. The van der Waals surface area contributed by atoms with Crippen molar-refractivity contribution in [2.45, 2.75) is 0 Å². The van der Waals surface area contributed by atoms with Crippen LogP contribution in [-0.2, 0) is 0 Å². The van der Waals surface area contributed by atoms with Gasteiger partial charge in [-0.25, -0.2) is 0 Å². The van der Waals surface area contributed by atoms with Gasteiger partial charge in [-0.15, -0.1) is 0 Å². The Bertz CT molecular complexity index is 2580. The fourth-order valence-corrected chi connectivity index (χ4v) is 5.92. The minimum atomic E-state index is -0.418. The van der Waals surface area contributed by atoms with Gasteiger partial charge in [0.05, 0.1) is 16.7 Å². The Labute approximate surface area is 256 Å². The average molecular weight is 542 g/mol. The largest absolute Gasteiger partial charge is 0.256 e. The highest BCUT2D eigenvalue weighted by atomic mass is 14.7. The number of hydrogen-bond donors (Lipinski definition) is 0. The summed E-state index contributed by atoms with van der Waals surface area (Å²) in [5.74, 6) is 0. The van der Waals surface area contributed by atoms with E-state index in [0.717, 1.165) is 33.2 Å². The van der Waals surface area contributed by atoms with E-state index in [4.69, 9.17) is 11.0 Å². The Morgan fingerprint density at radius 2 is 0.857 bits per heavy atom. The minimum Gasteiger partial charge on any atom is -0.256 e. The SMILES string of the molecule is [2H]c1c([2H])c([2H])c2c(-c3ccc(-c4ccc(-c5ccccn5)c5ccccc45)cc3)c3c([2H])c([2H])c([2H])c([2H])c3c(-c3ccccc3)c2c1[2H]. The number of nitrogens with zero attached hydrogens (tertiary/aromatic N) is 1. The van der Waals surface area contributed by atoms with Gasteiger partial charge in [0, 0.05) is 11.8 Å². The number of aromatic nitrogens is 1. The van der Waals surface area contributed by atoms with Crippen LogP contribution in [0, 0.1) is 0 Å². The summed E-state index contributed by atoms with van der Waals surface area (Å²) in [4.78, 5) is 4.56. The zero-order valence-electron chi connectivity index (χ0n) is 30.4. The molecule has 196 valence electrons. The second-order valence-electron chi connectivity index (χ2n) is 10.1. The second kappa shape index (κ2) is 10.1. The molecule has 7 aromatic carbocycles. The predicted molar refractivity (Wildman–Crippen MR) is 178 cm³/mol. The highest BCUT2D eigenvalue weighted by Gasteiger charge is 2.17. The summed E-state index contributed by atoms with van der Waals surface area (Å²) in [5, 5.41) is 2.89. The normalized spacial score (nSPS) is 14.0. The van der Waals surface area contributed by atoms with Crippen LogP contribution in [0.3, 0.4) is 0 Å². The molecular weight excluding hydrogens is 506 g/mol. The van der Waals surface area contributed by atoms with Gasteiger partial charge in [0.25, 0.3) is 0 Å². The molecule has 0 aliphatic carbocycles. The van der Waals surface area contributed by atoms with Crippen molar-refractivity contribution < 1.29 is 11.0 Å². The molecule has 0 saturated carbocycles. The maximum Gasteiger partial charge on any atom is 0.0708 e. The van der Waals surface area contributed by atoms with Crippen LogP contribution in [-0.4, -0.2) is 4.98 Å².